The Kier molecular flexibility index (Phi) is 4.54. The van der Waals surface area contributed by atoms with Crippen LogP contribution in [-0.4, -0.2) is 53.1 Å². The van der Waals surface area contributed by atoms with Gasteiger partial charge in [0.05, 0.1) is 11.1 Å². The van der Waals surface area contributed by atoms with Crippen molar-refractivity contribution in [2.75, 3.05) is 31.1 Å². The van der Waals surface area contributed by atoms with E-state index in [2.05, 4.69) is 9.47 Å². The minimum absolute atomic E-state index is 0.421. The number of carbonyl (C=O) groups is 2. The molecule has 2 heterocycles. The number of nitrogens with zero attached hydrogens (tertiary/aromatic N) is 3. The SMILES string of the molecule is O=Cc1c(N2CCCN(C(=O)O)CC2)n(-c2ccccc2)c2ccccc12. The van der Waals surface area contributed by atoms with Gasteiger partial charge in [-0.2, -0.15) is 0 Å². The minimum Gasteiger partial charge on any atom is -0.465 e. The zero-order valence-corrected chi connectivity index (χ0v) is 14.9. The molecule has 0 aliphatic carbocycles. The summed E-state index contributed by atoms with van der Waals surface area (Å²) < 4.78 is 2.11. The molecule has 1 aliphatic heterocycles. The quantitative estimate of drug-likeness (QED) is 0.722. The highest BCUT2D eigenvalue weighted by atomic mass is 16.4. The van der Waals surface area contributed by atoms with Crippen molar-refractivity contribution in [1.82, 2.24) is 9.47 Å². The van der Waals surface area contributed by atoms with Gasteiger partial charge in [0.25, 0.3) is 0 Å². The van der Waals surface area contributed by atoms with Gasteiger partial charge in [0.1, 0.15) is 5.82 Å². The van der Waals surface area contributed by atoms with Crippen LogP contribution < -0.4 is 4.90 Å². The van der Waals surface area contributed by atoms with E-state index in [0.29, 0.717) is 31.7 Å². The highest BCUT2D eigenvalue weighted by molar-refractivity contribution is 6.05. The second-order valence-electron chi connectivity index (χ2n) is 6.65. The molecule has 0 saturated carbocycles. The van der Waals surface area contributed by atoms with Crippen molar-refractivity contribution in [3.05, 3.63) is 60.2 Å². The lowest BCUT2D eigenvalue weighted by Crippen LogP contribution is -2.34. The Morgan fingerprint density at radius 3 is 2.41 bits per heavy atom. The van der Waals surface area contributed by atoms with Crippen molar-refractivity contribution >= 4 is 29.1 Å². The van der Waals surface area contributed by atoms with Crippen LogP contribution in [0.1, 0.15) is 16.8 Å². The molecule has 1 amide bonds. The number of hydrogen-bond acceptors (Lipinski definition) is 3. The van der Waals surface area contributed by atoms with Gasteiger partial charge in [-0.15, -0.1) is 0 Å². The van der Waals surface area contributed by atoms with Gasteiger partial charge in [0.2, 0.25) is 0 Å². The Bertz CT molecular complexity index is 981. The third-order valence-corrected chi connectivity index (χ3v) is 5.09. The average molecular weight is 363 g/mol. The number of rotatable bonds is 3. The average Bonchev–Trinajstić information content (AvgIpc) is 2.84. The van der Waals surface area contributed by atoms with Crippen molar-refractivity contribution in [3.8, 4) is 5.69 Å². The molecule has 2 aromatic carbocycles. The molecule has 1 aliphatic rings. The fraction of sp³-hybridized carbons (Fsp3) is 0.238. The van der Waals surface area contributed by atoms with E-state index < -0.39 is 6.09 Å². The van der Waals surface area contributed by atoms with E-state index in [1.165, 1.54) is 4.90 Å². The number of hydrogen-bond donors (Lipinski definition) is 1. The molecular formula is C21H21N3O3. The lowest BCUT2D eigenvalue weighted by Gasteiger charge is -2.25. The van der Waals surface area contributed by atoms with Crippen LogP contribution >= 0.6 is 0 Å². The number of fused-ring (bicyclic) bond motifs is 1. The number of amides is 1. The van der Waals surface area contributed by atoms with E-state index in [1.807, 2.05) is 54.6 Å². The van der Waals surface area contributed by atoms with Gasteiger partial charge < -0.3 is 14.9 Å². The maximum Gasteiger partial charge on any atom is 0.407 e. The van der Waals surface area contributed by atoms with E-state index >= 15 is 0 Å². The number of carbonyl (C=O) groups excluding carboxylic acids is 1. The molecule has 4 rings (SSSR count). The molecule has 0 spiro atoms. The van der Waals surface area contributed by atoms with E-state index in [4.69, 9.17) is 0 Å². The van der Waals surface area contributed by atoms with Gasteiger partial charge >= 0.3 is 6.09 Å². The third kappa shape index (κ3) is 3.03. The summed E-state index contributed by atoms with van der Waals surface area (Å²) in [5.74, 6) is 0.838. The number of benzene rings is 2. The molecule has 1 fully saturated rings. The fourth-order valence-electron chi connectivity index (χ4n) is 3.84. The molecule has 1 N–H and O–H groups in total. The monoisotopic (exact) mass is 363 g/mol. The van der Waals surface area contributed by atoms with Gasteiger partial charge in [0, 0.05) is 37.3 Å². The molecule has 138 valence electrons. The number of aromatic nitrogens is 1. The van der Waals surface area contributed by atoms with E-state index in [9.17, 15) is 14.7 Å². The number of aldehydes is 1. The highest BCUT2D eigenvalue weighted by Gasteiger charge is 2.25. The Labute approximate surface area is 157 Å². The summed E-state index contributed by atoms with van der Waals surface area (Å²) in [5.41, 5.74) is 2.61. The van der Waals surface area contributed by atoms with Gasteiger partial charge in [-0.05, 0) is 24.6 Å². The molecule has 27 heavy (non-hydrogen) atoms. The normalized spacial score (nSPS) is 15.0. The van der Waals surface area contributed by atoms with Crippen molar-refractivity contribution in [3.63, 3.8) is 0 Å². The summed E-state index contributed by atoms with van der Waals surface area (Å²) in [6, 6.07) is 17.8. The topological polar surface area (TPSA) is 65.8 Å². The fourth-order valence-corrected chi connectivity index (χ4v) is 3.84. The summed E-state index contributed by atoms with van der Waals surface area (Å²) in [6.45, 7) is 2.18. The zero-order chi connectivity index (χ0) is 18.8. The summed E-state index contributed by atoms with van der Waals surface area (Å²) in [7, 11) is 0. The first-order chi connectivity index (χ1) is 13.2. The molecule has 0 bridgehead atoms. The van der Waals surface area contributed by atoms with Crippen LogP contribution in [0.2, 0.25) is 0 Å². The third-order valence-electron chi connectivity index (χ3n) is 5.09. The maximum atomic E-state index is 12.0. The first-order valence-corrected chi connectivity index (χ1v) is 9.07. The van der Waals surface area contributed by atoms with E-state index in [0.717, 1.165) is 35.1 Å². The maximum absolute atomic E-state index is 12.0. The molecule has 0 unspecified atom stereocenters. The van der Waals surface area contributed by atoms with Crippen LogP contribution in [0.5, 0.6) is 0 Å². The highest BCUT2D eigenvalue weighted by Crippen LogP contribution is 2.35. The summed E-state index contributed by atoms with van der Waals surface area (Å²) in [4.78, 5) is 27.0. The van der Waals surface area contributed by atoms with Crippen LogP contribution in [0.3, 0.4) is 0 Å². The number of carboxylic acid groups (broad SMARTS) is 1. The zero-order valence-electron chi connectivity index (χ0n) is 14.9. The number of para-hydroxylation sites is 2. The molecule has 1 saturated heterocycles. The van der Waals surface area contributed by atoms with Crippen LogP contribution in [0, 0.1) is 0 Å². The molecule has 0 atom stereocenters. The van der Waals surface area contributed by atoms with Gasteiger partial charge in [-0.25, -0.2) is 4.79 Å². The first-order valence-electron chi connectivity index (χ1n) is 9.07. The van der Waals surface area contributed by atoms with Crippen molar-refractivity contribution < 1.29 is 14.7 Å². The minimum atomic E-state index is -0.893. The first kappa shape index (κ1) is 17.1. The Balaban J connectivity index is 1.89. The lowest BCUT2D eigenvalue weighted by molar-refractivity contribution is 0.112. The molecule has 0 radical (unpaired) electrons. The molecule has 3 aromatic rings. The second-order valence-corrected chi connectivity index (χ2v) is 6.65. The van der Waals surface area contributed by atoms with E-state index in [1.54, 1.807) is 0 Å². The summed E-state index contributed by atoms with van der Waals surface area (Å²) >= 11 is 0. The molecule has 6 nitrogen and oxygen atoms in total. The van der Waals surface area contributed by atoms with Gasteiger partial charge in [-0.3, -0.25) is 9.36 Å². The standard InChI is InChI=1S/C21H21N3O3/c25-15-18-17-9-4-5-10-19(17)24(16-7-2-1-3-8-16)20(18)22-11-6-12-23(14-13-22)21(26)27/h1-5,7-10,15H,6,11-14H2,(H,26,27). The van der Waals surface area contributed by atoms with Gasteiger partial charge in [-0.1, -0.05) is 36.4 Å². The van der Waals surface area contributed by atoms with Crippen LogP contribution in [-0.2, 0) is 0 Å². The Morgan fingerprint density at radius 1 is 0.926 bits per heavy atom. The predicted octanol–water partition coefficient (Wildman–Crippen LogP) is 3.63. The molecular weight excluding hydrogens is 342 g/mol. The summed E-state index contributed by atoms with van der Waals surface area (Å²) in [6.07, 6.45) is 0.744. The predicted molar refractivity (Wildman–Crippen MR) is 105 cm³/mol. The molecule has 6 heteroatoms. The molecule has 1 aromatic heterocycles. The lowest BCUT2D eigenvalue weighted by atomic mass is 10.2. The van der Waals surface area contributed by atoms with Crippen LogP contribution in [0.25, 0.3) is 16.6 Å². The number of anilines is 1. The van der Waals surface area contributed by atoms with Crippen molar-refractivity contribution in [2.24, 2.45) is 0 Å². The van der Waals surface area contributed by atoms with Crippen LogP contribution in [0.4, 0.5) is 10.6 Å². The van der Waals surface area contributed by atoms with E-state index in [-0.39, 0.29) is 0 Å². The van der Waals surface area contributed by atoms with Gasteiger partial charge in [0.15, 0.2) is 6.29 Å². The second kappa shape index (κ2) is 7.15. The smallest absolute Gasteiger partial charge is 0.407 e. The van der Waals surface area contributed by atoms with Crippen molar-refractivity contribution in [1.29, 1.82) is 0 Å². The van der Waals surface area contributed by atoms with Crippen molar-refractivity contribution in [2.45, 2.75) is 6.42 Å². The summed E-state index contributed by atoms with van der Waals surface area (Å²) in [5, 5.41) is 10.2. The largest absolute Gasteiger partial charge is 0.465 e. The van der Waals surface area contributed by atoms with Crippen LogP contribution in [0.15, 0.2) is 54.6 Å². The Morgan fingerprint density at radius 2 is 1.67 bits per heavy atom. The Hall–Kier alpha value is -3.28.